The molecule has 7 nitrogen and oxygen atoms in total. The Morgan fingerprint density at radius 3 is 2.67 bits per heavy atom. The minimum absolute atomic E-state index is 0.0132. The lowest BCUT2D eigenvalue weighted by Crippen LogP contribution is -2.39. The first kappa shape index (κ1) is 18.4. The molecule has 0 spiro atoms. The smallest absolute Gasteiger partial charge is 0.314 e. The van der Waals surface area contributed by atoms with E-state index >= 15 is 0 Å². The van der Waals surface area contributed by atoms with Crippen LogP contribution in [0.3, 0.4) is 0 Å². The summed E-state index contributed by atoms with van der Waals surface area (Å²) >= 11 is 0. The average molecular weight is 356 g/mol. The van der Waals surface area contributed by atoms with Crippen LogP contribution < -0.4 is 20.1 Å². The van der Waals surface area contributed by atoms with Crippen LogP contribution in [-0.2, 0) is 16.3 Å². The van der Waals surface area contributed by atoms with E-state index in [2.05, 4.69) is 10.6 Å². The molecule has 134 valence electrons. The lowest BCUT2D eigenvalue weighted by molar-refractivity contribution is 0.239. The lowest BCUT2D eigenvalue weighted by Gasteiger charge is -2.13. The Morgan fingerprint density at radius 2 is 2.04 bits per heavy atom. The third kappa shape index (κ3) is 5.30. The van der Waals surface area contributed by atoms with Gasteiger partial charge in [-0.25, -0.2) is 13.2 Å². The number of nitrogens with one attached hydrogen (secondary N) is 2. The van der Waals surface area contributed by atoms with Crippen molar-refractivity contribution in [3.63, 3.8) is 0 Å². The Hall–Kier alpha value is -1.96. The van der Waals surface area contributed by atoms with E-state index in [1.165, 1.54) is 0 Å². The van der Waals surface area contributed by atoms with E-state index in [9.17, 15) is 13.2 Å². The zero-order valence-corrected chi connectivity index (χ0v) is 14.8. The Morgan fingerprint density at radius 1 is 1.25 bits per heavy atom. The molecule has 0 aliphatic carbocycles. The highest BCUT2D eigenvalue weighted by molar-refractivity contribution is 7.91. The van der Waals surface area contributed by atoms with Crippen molar-refractivity contribution in [3.8, 4) is 11.5 Å². The molecule has 0 aromatic heterocycles. The summed E-state index contributed by atoms with van der Waals surface area (Å²) in [5, 5.41) is 5.50. The highest BCUT2D eigenvalue weighted by atomic mass is 32.2. The number of sulfone groups is 1. The van der Waals surface area contributed by atoms with Crippen LogP contribution in [0.5, 0.6) is 11.5 Å². The van der Waals surface area contributed by atoms with Gasteiger partial charge in [0.15, 0.2) is 9.84 Å². The van der Waals surface area contributed by atoms with Crippen molar-refractivity contribution in [2.75, 3.05) is 38.8 Å². The SMILES string of the molecule is COc1ccc(OC)c(CCNC(=O)NCC2CCS(=O)(=O)C2)c1. The molecular weight excluding hydrogens is 332 g/mol. The summed E-state index contributed by atoms with van der Waals surface area (Å²) in [5.74, 6) is 1.87. The molecule has 2 amide bonds. The fourth-order valence-electron chi connectivity index (χ4n) is 2.72. The number of hydrogen-bond donors (Lipinski definition) is 2. The molecule has 0 radical (unpaired) electrons. The molecule has 24 heavy (non-hydrogen) atoms. The second-order valence-electron chi connectivity index (χ2n) is 5.83. The molecule has 1 aliphatic heterocycles. The van der Waals surface area contributed by atoms with Gasteiger partial charge in [0.1, 0.15) is 11.5 Å². The van der Waals surface area contributed by atoms with Gasteiger partial charge < -0.3 is 20.1 Å². The van der Waals surface area contributed by atoms with Gasteiger partial charge in [-0.2, -0.15) is 0 Å². The van der Waals surface area contributed by atoms with Crippen molar-refractivity contribution in [3.05, 3.63) is 23.8 Å². The normalized spacial score (nSPS) is 18.8. The van der Waals surface area contributed by atoms with E-state index < -0.39 is 9.84 Å². The minimum atomic E-state index is -2.91. The maximum absolute atomic E-state index is 11.8. The van der Waals surface area contributed by atoms with Crippen molar-refractivity contribution in [1.82, 2.24) is 10.6 Å². The summed E-state index contributed by atoms with van der Waals surface area (Å²) in [6.45, 7) is 0.825. The number of benzene rings is 1. The van der Waals surface area contributed by atoms with Gasteiger partial charge in [-0.15, -0.1) is 0 Å². The second kappa shape index (κ2) is 8.23. The number of amides is 2. The van der Waals surface area contributed by atoms with Crippen molar-refractivity contribution in [2.24, 2.45) is 5.92 Å². The number of rotatable bonds is 7. The van der Waals surface area contributed by atoms with Gasteiger partial charge in [0.05, 0.1) is 25.7 Å². The molecule has 1 atom stereocenters. The standard InChI is InChI=1S/C16H24N2O5S/c1-22-14-3-4-15(23-2)13(9-14)5-7-17-16(19)18-10-12-6-8-24(20,21)11-12/h3-4,9,12H,5-8,10-11H2,1-2H3,(H2,17,18,19). The van der Waals surface area contributed by atoms with E-state index in [4.69, 9.17) is 9.47 Å². The van der Waals surface area contributed by atoms with Gasteiger partial charge in [-0.1, -0.05) is 0 Å². The van der Waals surface area contributed by atoms with Gasteiger partial charge in [0, 0.05) is 13.1 Å². The van der Waals surface area contributed by atoms with Crippen molar-refractivity contribution in [2.45, 2.75) is 12.8 Å². The van der Waals surface area contributed by atoms with Gasteiger partial charge in [-0.3, -0.25) is 0 Å². The summed E-state index contributed by atoms with van der Waals surface area (Å²) in [7, 11) is 0.288. The molecule has 1 aliphatic rings. The molecule has 1 aromatic rings. The topological polar surface area (TPSA) is 93.7 Å². The Labute approximate surface area is 142 Å². The highest BCUT2D eigenvalue weighted by Crippen LogP contribution is 2.24. The zero-order chi connectivity index (χ0) is 17.6. The number of urea groups is 1. The third-order valence-electron chi connectivity index (χ3n) is 4.05. The van der Waals surface area contributed by atoms with Crippen LogP contribution in [0.2, 0.25) is 0 Å². The van der Waals surface area contributed by atoms with Crippen LogP contribution in [0.1, 0.15) is 12.0 Å². The van der Waals surface area contributed by atoms with Crippen LogP contribution >= 0.6 is 0 Å². The molecule has 1 heterocycles. The van der Waals surface area contributed by atoms with E-state index in [1.54, 1.807) is 14.2 Å². The van der Waals surface area contributed by atoms with E-state index in [-0.39, 0.29) is 23.5 Å². The molecule has 8 heteroatoms. The molecule has 1 aromatic carbocycles. The first-order valence-electron chi connectivity index (χ1n) is 7.86. The van der Waals surface area contributed by atoms with Gasteiger partial charge in [-0.05, 0) is 42.5 Å². The molecule has 0 saturated carbocycles. The third-order valence-corrected chi connectivity index (χ3v) is 5.88. The van der Waals surface area contributed by atoms with Crippen LogP contribution in [0.25, 0.3) is 0 Å². The fourth-order valence-corrected chi connectivity index (χ4v) is 4.58. The molecule has 2 rings (SSSR count). The first-order chi connectivity index (χ1) is 11.4. The maximum atomic E-state index is 11.8. The summed E-state index contributed by atoms with van der Waals surface area (Å²) in [4.78, 5) is 11.8. The number of hydrogen-bond acceptors (Lipinski definition) is 5. The molecule has 2 N–H and O–H groups in total. The van der Waals surface area contributed by atoms with E-state index in [0.29, 0.717) is 25.9 Å². The minimum Gasteiger partial charge on any atom is -0.497 e. The van der Waals surface area contributed by atoms with E-state index in [1.807, 2.05) is 18.2 Å². The van der Waals surface area contributed by atoms with Crippen LogP contribution in [0.15, 0.2) is 18.2 Å². The van der Waals surface area contributed by atoms with Crippen molar-refractivity contribution < 1.29 is 22.7 Å². The lowest BCUT2D eigenvalue weighted by atomic mass is 10.1. The predicted molar refractivity (Wildman–Crippen MR) is 91.4 cm³/mol. The second-order valence-corrected chi connectivity index (χ2v) is 8.06. The summed E-state index contributed by atoms with van der Waals surface area (Å²) < 4.78 is 33.2. The summed E-state index contributed by atoms with van der Waals surface area (Å²) in [6, 6.07) is 5.23. The molecule has 1 unspecified atom stereocenters. The quantitative estimate of drug-likeness (QED) is 0.760. The Balaban J connectivity index is 1.74. The zero-order valence-electron chi connectivity index (χ0n) is 14.0. The Kier molecular flexibility index (Phi) is 6.30. The van der Waals surface area contributed by atoms with Crippen LogP contribution in [0, 0.1) is 5.92 Å². The number of ether oxygens (including phenoxy) is 2. The summed E-state index contributed by atoms with van der Waals surface area (Å²) in [5.41, 5.74) is 0.944. The Bertz CT molecular complexity index is 675. The summed E-state index contributed by atoms with van der Waals surface area (Å²) in [6.07, 6.45) is 1.22. The number of methoxy groups -OCH3 is 2. The molecule has 1 fully saturated rings. The first-order valence-corrected chi connectivity index (χ1v) is 9.68. The van der Waals surface area contributed by atoms with Crippen molar-refractivity contribution in [1.29, 1.82) is 0 Å². The van der Waals surface area contributed by atoms with Gasteiger partial charge >= 0.3 is 6.03 Å². The predicted octanol–water partition coefficient (Wildman–Crippen LogP) is 0.980. The molecule has 1 saturated heterocycles. The van der Waals surface area contributed by atoms with Gasteiger partial charge in [0.25, 0.3) is 0 Å². The molecular formula is C16H24N2O5S. The maximum Gasteiger partial charge on any atom is 0.314 e. The molecule has 0 bridgehead atoms. The largest absolute Gasteiger partial charge is 0.497 e. The van der Waals surface area contributed by atoms with E-state index in [0.717, 1.165) is 17.1 Å². The highest BCUT2D eigenvalue weighted by Gasteiger charge is 2.27. The monoisotopic (exact) mass is 356 g/mol. The average Bonchev–Trinajstić information content (AvgIpc) is 2.92. The number of carbonyl (C=O) groups is 1. The van der Waals surface area contributed by atoms with Crippen LogP contribution in [-0.4, -0.2) is 53.3 Å². The fraction of sp³-hybridized carbons (Fsp3) is 0.562. The van der Waals surface area contributed by atoms with Crippen molar-refractivity contribution >= 4 is 15.9 Å². The number of carbonyl (C=O) groups excluding carboxylic acids is 1. The van der Waals surface area contributed by atoms with Gasteiger partial charge in [0.2, 0.25) is 0 Å². The van der Waals surface area contributed by atoms with Crippen LogP contribution in [0.4, 0.5) is 4.79 Å².